The fourth-order valence-electron chi connectivity index (χ4n) is 2.46. The van der Waals surface area contributed by atoms with Crippen molar-refractivity contribution in [3.63, 3.8) is 0 Å². The van der Waals surface area contributed by atoms with Crippen LogP contribution in [0.25, 0.3) is 0 Å². The maximum absolute atomic E-state index is 3.63. The molecule has 1 heterocycles. The Morgan fingerprint density at radius 1 is 1.24 bits per heavy atom. The van der Waals surface area contributed by atoms with E-state index in [9.17, 15) is 0 Å². The molecule has 1 fully saturated rings. The second-order valence-corrected chi connectivity index (χ2v) is 5.02. The number of benzene rings is 1. The molecule has 94 valence electrons. The Morgan fingerprint density at radius 3 is 2.71 bits per heavy atom. The molecule has 1 aromatic rings. The first-order chi connectivity index (χ1) is 8.29. The highest BCUT2D eigenvalue weighted by Gasteiger charge is 2.13. The van der Waals surface area contributed by atoms with Crippen molar-refractivity contribution in [1.82, 2.24) is 5.32 Å². The quantitative estimate of drug-likeness (QED) is 0.843. The third-order valence-corrected chi connectivity index (χ3v) is 3.68. The lowest BCUT2D eigenvalue weighted by Gasteiger charge is -2.30. The molecule has 2 nitrogen and oxygen atoms in total. The molecular formula is C15H24N2. The highest BCUT2D eigenvalue weighted by molar-refractivity contribution is 5.47. The van der Waals surface area contributed by atoms with E-state index >= 15 is 0 Å². The molecule has 17 heavy (non-hydrogen) atoms. The van der Waals surface area contributed by atoms with E-state index in [2.05, 4.69) is 48.3 Å². The van der Waals surface area contributed by atoms with Gasteiger partial charge >= 0.3 is 0 Å². The van der Waals surface area contributed by atoms with Crippen LogP contribution in [0.4, 0.5) is 5.69 Å². The Balaban J connectivity index is 2.01. The van der Waals surface area contributed by atoms with Gasteiger partial charge in [-0.15, -0.1) is 0 Å². The number of hydrogen-bond acceptors (Lipinski definition) is 2. The lowest BCUT2D eigenvalue weighted by Crippen LogP contribution is -2.39. The number of nitrogens with one attached hydrogen (secondary N) is 1. The molecule has 0 bridgehead atoms. The van der Waals surface area contributed by atoms with Gasteiger partial charge in [0, 0.05) is 24.8 Å². The summed E-state index contributed by atoms with van der Waals surface area (Å²) in [6.45, 7) is 7.92. The fraction of sp³-hybridized carbons (Fsp3) is 0.600. The molecule has 2 rings (SSSR count). The van der Waals surface area contributed by atoms with Crippen molar-refractivity contribution in [2.45, 2.75) is 39.2 Å². The summed E-state index contributed by atoms with van der Waals surface area (Å²) in [7, 11) is 0. The third kappa shape index (κ3) is 3.47. The van der Waals surface area contributed by atoms with Crippen LogP contribution < -0.4 is 10.2 Å². The van der Waals surface area contributed by atoms with Crippen molar-refractivity contribution in [3.05, 3.63) is 29.8 Å². The molecule has 0 amide bonds. The molecule has 1 aliphatic rings. The molecule has 0 aliphatic carbocycles. The van der Waals surface area contributed by atoms with Crippen LogP contribution in [0.1, 0.15) is 31.7 Å². The maximum Gasteiger partial charge on any atom is 0.0366 e. The Labute approximate surface area is 105 Å². The lowest BCUT2D eigenvalue weighted by atomic mass is 10.1. The van der Waals surface area contributed by atoms with Crippen molar-refractivity contribution in [2.75, 3.05) is 24.5 Å². The minimum atomic E-state index is 0.697. The van der Waals surface area contributed by atoms with E-state index in [1.807, 2.05) is 0 Å². The van der Waals surface area contributed by atoms with Crippen LogP contribution in [0.2, 0.25) is 0 Å². The van der Waals surface area contributed by atoms with Crippen molar-refractivity contribution in [3.8, 4) is 0 Å². The van der Waals surface area contributed by atoms with Crippen LogP contribution in [0.3, 0.4) is 0 Å². The van der Waals surface area contributed by atoms with Gasteiger partial charge in [0.2, 0.25) is 0 Å². The summed E-state index contributed by atoms with van der Waals surface area (Å²) in [5.41, 5.74) is 2.72. The van der Waals surface area contributed by atoms with Gasteiger partial charge in [-0.3, -0.25) is 0 Å². The van der Waals surface area contributed by atoms with Crippen molar-refractivity contribution >= 4 is 5.69 Å². The van der Waals surface area contributed by atoms with Crippen LogP contribution >= 0.6 is 0 Å². The van der Waals surface area contributed by atoms with E-state index < -0.39 is 0 Å². The summed E-state index contributed by atoms with van der Waals surface area (Å²) in [5.74, 6) is 0. The number of hydrogen-bond donors (Lipinski definition) is 1. The number of aryl methyl sites for hydroxylation is 1. The van der Waals surface area contributed by atoms with Gasteiger partial charge in [-0.05, 0) is 44.9 Å². The van der Waals surface area contributed by atoms with Crippen LogP contribution in [0.15, 0.2) is 24.3 Å². The Hall–Kier alpha value is -1.02. The van der Waals surface area contributed by atoms with E-state index in [4.69, 9.17) is 0 Å². The van der Waals surface area contributed by atoms with E-state index in [0.717, 1.165) is 6.54 Å². The largest absolute Gasteiger partial charge is 0.371 e. The predicted octanol–water partition coefficient (Wildman–Crippen LogP) is 2.96. The molecule has 1 saturated heterocycles. The monoisotopic (exact) mass is 232 g/mol. The first-order valence-corrected chi connectivity index (χ1v) is 6.84. The second kappa shape index (κ2) is 6.06. The zero-order valence-corrected chi connectivity index (χ0v) is 11.1. The summed E-state index contributed by atoms with van der Waals surface area (Å²) in [4.78, 5) is 2.53. The van der Waals surface area contributed by atoms with Gasteiger partial charge in [0.15, 0.2) is 0 Å². The number of nitrogens with zero attached hydrogens (tertiary/aromatic N) is 1. The standard InChI is InChI=1S/C15H24N2/c1-3-14-9-12-17(11-4-10-16-14)15-7-5-13(2)6-8-15/h5-8,14,16H,3-4,9-12H2,1-2H3. The Bertz CT molecular complexity index is 331. The summed E-state index contributed by atoms with van der Waals surface area (Å²) < 4.78 is 0. The molecular weight excluding hydrogens is 208 g/mol. The number of rotatable bonds is 2. The zero-order valence-electron chi connectivity index (χ0n) is 11.1. The van der Waals surface area contributed by atoms with Crippen LogP contribution in [-0.4, -0.2) is 25.7 Å². The number of anilines is 1. The van der Waals surface area contributed by atoms with Gasteiger partial charge in [0.1, 0.15) is 0 Å². The average molecular weight is 232 g/mol. The van der Waals surface area contributed by atoms with E-state index in [0.29, 0.717) is 6.04 Å². The molecule has 1 atom stereocenters. The molecule has 0 saturated carbocycles. The summed E-state index contributed by atoms with van der Waals surface area (Å²) >= 11 is 0. The predicted molar refractivity (Wildman–Crippen MR) is 74.7 cm³/mol. The first-order valence-electron chi connectivity index (χ1n) is 6.84. The molecule has 1 unspecified atom stereocenters. The third-order valence-electron chi connectivity index (χ3n) is 3.68. The van der Waals surface area contributed by atoms with Gasteiger partial charge < -0.3 is 10.2 Å². The Kier molecular flexibility index (Phi) is 4.43. The van der Waals surface area contributed by atoms with E-state index in [-0.39, 0.29) is 0 Å². The first kappa shape index (κ1) is 12.4. The van der Waals surface area contributed by atoms with Crippen LogP contribution in [-0.2, 0) is 0 Å². The van der Waals surface area contributed by atoms with E-state index in [1.165, 1.54) is 43.6 Å². The van der Waals surface area contributed by atoms with Crippen molar-refractivity contribution in [1.29, 1.82) is 0 Å². The molecule has 0 aromatic heterocycles. The van der Waals surface area contributed by atoms with Gasteiger partial charge in [-0.2, -0.15) is 0 Å². The van der Waals surface area contributed by atoms with Gasteiger partial charge in [0.05, 0.1) is 0 Å². The molecule has 1 aromatic carbocycles. The van der Waals surface area contributed by atoms with Crippen LogP contribution in [0.5, 0.6) is 0 Å². The highest BCUT2D eigenvalue weighted by atomic mass is 15.1. The lowest BCUT2D eigenvalue weighted by molar-refractivity contribution is 0.439. The molecule has 0 radical (unpaired) electrons. The normalized spacial score (nSPS) is 22.0. The maximum atomic E-state index is 3.63. The van der Waals surface area contributed by atoms with Crippen molar-refractivity contribution in [2.24, 2.45) is 0 Å². The smallest absolute Gasteiger partial charge is 0.0366 e. The van der Waals surface area contributed by atoms with Gasteiger partial charge in [0.25, 0.3) is 0 Å². The van der Waals surface area contributed by atoms with Gasteiger partial charge in [-0.25, -0.2) is 0 Å². The SMILES string of the molecule is CCC1CCN(c2ccc(C)cc2)CCCN1. The minimum Gasteiger partial charge on any atom is -0.371 e. The minimum absolute atomic E-state index is 0.697. The van der Waals surface area contributed by atoms with Crippen LogP contribution in [0, 0.1) is 6.92 Å². The van der Waals surface area contributed by atoms with E-state index in [1.54, 1.807) is 0 Å². The summed E-state index contributed by atoms with van der Waals surface area (Å²) in [6.07, 6.45) is 3.73. The molecule has 1 aliphatic heterocycles. The van der Waals surface area contributed by atoms with Crippen molar-refractivity contribution < 1.29 is 0 Å². The Morgan fingerprint density at radius 2 is 2.00 bits per heavy atom. The second-order valence-electron chi connectivity index (χ2n) is 5.02. The van der Waals surface area contributed by atoms with Gasteiger partial charge in [-0.1, -0.05) is 24.6 Å². The highest BCUT2D eigenvalue weighted by Crippen LogP contribution is 2.17. The average Bonchev–Trinajstić information content (AvgIpc) is 2.31. The molecule has 1 N–H and O–H groups in total. The fourth-order valence-corrected chi connectivity index (χ4v) is 2.46. The molecule has 2 heteroatoms. The summed E-state index contributed by atoms with van der Waals surface area (Å²) in [5, 5.41) is 3.63. The zero-order chi connectivity index (χ0) is 12.1. The topological polar surface area (TPSA) is 15.3 Å². The molecule has 0 spiro atoms. The summed E-state index contributed by atoms with van der Waals surface area (Å²) in [6, 6.07) is 9.63.